The number of carbonyl (C=O) groups excluding carboxylic acids is 3. The minimum atomic E-state index is -0.839. The Hall–Kier alpha value is -3.93. The highest BCUT2D eigenvalue weighted by Crippen LogP contribution is 2.07. The predicted octanol–water partition coefficient (Wildman–Crippen LogP) is 3.55. The van der Waals surface area contributed by atoms with Gasteiger partial charge in [0.05, 0.1) is 6.42 Å². The maximum atomic E-state index is 12.8. The number of esters is 1. The van der Waals surface area contributed by atoms with E-state index in [9.17, 15) is 14.4 Å². The van der Waals surface area contributed by atoms with Gasteiger partial charge in [-0.3, -0.25) is 14.4 Å². The molecule has 0 radical (unpaired) electrons. The van der Waals surface area contributed by atoms with Gasteiger partial charge in [-0.25, -0.2) is 0 Å². The lowest BCUT2D eigenvalue weighted by Crippen LogP contribution is -2.47. The molecular formula is C27H28N2O4. The fraction of sp³-hybridized carbons (Fsp3) is 0.222. The van der Waals surface area contributed by atoms with Crippen molar-refractivity contribution in [2.75, 3.05) is 0 Å². The van der Waals surface area contributed by atoms with Crippen LogP contribution >= 0.6 is 0 Å². The van der Waals surface area contributed by atoms with Crippen molar-refractivity contribution in [1.82, 2.24) is 10.6 Å². The van der Waals surface area contributed by atoms with Crippen molar-refractivity contribution in [2.45, 2.75) is 38.5 Å². The maximum Gasteiger partial charge on any atom is 0.306 e. The van der Waals surface area contributed by atoms with Crippen LogP contribution in [0.3, 0.4) is 0 Å². The van der Waals surface area contributed by atoms with Crippen molar-refractivity contribution in [3.63, 3.8) is 0 Å². The van der Waals surface area contributed by atoms with E-state index in [2.05, 4.69) is 10.6 Å². The van der Waals surface area contributed by atoms with Gasteiger partial charge in [-0.1, -0.05) is 91.0 Å². The van der Waals surface area contributed by atoms with E-state index < -0.39 is 12.0 Å². The van der Waals surface area contributed by atoms with Gasteiger partial charge in [-0.05, 0) is 23.1 Å². The quantitative estimate of drug-likeness (QED) is 0.443. The highest BCUT2D eigenvalue weighted by molar-refractivity contribution is 5.88. The summed E-state index contributed by atoms with van der Waals surface area (Å²) in [6.45, 7) is 0.508. The lowest BCUT2D eigenvalue weighted by molar-refractivity contribution is -0.145. The van der Waals surface area contributed by atoms with Crippen LogP contribution < -0.4 is 10.6 Å². The van der Waals surface area contributed by atoms with E-state index in [0.717, 1.165) is 16.7 Å². The van der Waals surface area contributed by atoms with E-state index in [1.165, 1.54) is 0 Å². The zero-order chi connectivity index (χ0) is 23.3. The second-order valence-corrected chi connectivity index (χ2v) is 7.67. The van der Waals surface area contributed by atoms with Gasteiger partial charge in [0.1, 0.15) is 12.6 Å². The van der Waals surface area contributed by atoms with E-state index >= 15 is 0 Å². The Morgan fingerprint density at radius 2 is 1.27 bits per heavy atom. The van der Waals surface area contributed by atoms with E-state index in [-0.39, 0.29) is 37.7 Å². The van der Waals surface area contributed by atoms with Crippen LogP contribution in [0.5, 0.6) is 0 Å². The number of carbonyl (C=O) groups is 3. The van der Waals surface area contributed by atoms with Gasteiger partial charge in [0.15, 0.2) is 0 Å². The smallest absolute Gasteiger partial charge is 0.306 e. The van der Waals surface area contributed by atoms with E-state index in [1.54, 1.807) is 0 Å². The van der Waals surface area contributed by atoms with Crippen LogP contribution in [-0.2, 0) is 38.7 Å². The third kappa shape index (κ3) is 8.61. The molecule has 6 heteroatoms. The lowest BCUT2D eigenvalue weighted by Gasteiger charge is -2.18. The summed E-state index contributed by atoms with van der Waals surface area (Å²) in [5, 5.41) is 5.62. The third-order valence-corrected chi connectivity index (χ3v) is 5.05. The van der Waals surface area contributed by atoms with Crippen LogP contribution in [0.15, 0.2) is 91.0 Å². The van der Waals surface area contributed by atoms with Crippen LogP contribution in [0.1, 0.15) is 29.5 Å². The van der Waals surface area contributed by atoms with Crippen LogP contribution in [0.2, 0.25) is 0 Å². The summed E-state index contributed by atoms with van der Waals surface area (Å²) >= 11 is 0. The molecule has 0 bridgehead atoms. The van der Waals surface area contributed by atoms with Gasteiger partial charge < -0.3 is 15.4 Å². The molecule has 6 nitrogen and oxygen atoms in total. The number of rotatable bonds is 11. The molecule has 2 N–H and O–H groups in total. The minimum Gasteiger partial charge on any atom is -0.461 e. The highest BCUT2D eigenvalue weighted by Gasteiger charge is 2.22. The number of benzene rings is 3. The van der Waals surface area contributed by atoms with Crippen molar-refractivity contribution in [1.29, 1.82) is 0 Å². The summed E-state index contributed by atoms with van der Waals surface area (Å²) in [5.41, 5.74) is 2.68. The minimum absolute atomic E-state index is 0.0157. The first kappa shape index (κ1) is 23.7. The molecule has 0 saturated carbocycles. The second kappa shape index (κ2) is 12.8. The Balaban J connectivity index is 1.55. The number of hydrogen-bond donors (Lipinski definition) is 2. The monoisotopic (exact) mass is 444 g/mol. The first-order valence-corrected chi connectivity index (χ1v) is 10.9. The summed E-state index contributed by atoms with van der Waals surface area (Å²) < 4.78 is 5.30. The molecule has 0 spiro atoms. The normalized spacial score (nSPS) is 11.3. The molecule has 1 atom stereocenters. The fourth-order valence-corrected chi connectivity index (χ4v) is 3.28. The van der Waals surface area contributed by atoms with E-state index in [4.69, 9.17) is 4.74 Å². The summed E-state index contributed by atoms with van der Waals surface area (Å²) in [7, 11) is 0. The van der Waals surface area contributed by atoms with Crippen molar-refractivity contribution in [3.8, 4) is 0 Å². The molecule has 0 heterocycles. The Labute approximate surface area is 194 Å². The molecular weight excluding hydrogens is 416 g/mol. The summed E-state index contributed by atoms with van der Waals surface area (Å²) in [4.78, 5) is 37.6. The highest BCUT2D eigenvalue weighted by atomic mass is 16.5. The standard InChI is InChI=1S/C27H28N2O4/c30-25(18-21-10-4-1-5-11-21)29-24(27(32)28-19-22-12-6-2-7-13-22)16-17-26(31)33-20-23-14-8-3-9-15-23/h1-15,24H,16-20H2,(H,28,32)(H,29,30)/t24-/m1/s1. The van der Waals surface area contributed by atoms with E-state index in [1.807, 2.05) is 91.0 Å². The molecule has 0 saturated heterocycles. The molecule has 2 amide bonds. The van der Waals surface area contributed by atoms with Gasteiger partial charge in [-0.15, -0.1) is 0 Å². The SMILES string of the molecule is O=C(Cc1ccccc1)N[C@H](CCC(=O)OCc1ccccc1)C(=O)NCc1ccccc1. The predicted molar refractivity (Wildman–Crippen MR) is 126 cm³/mol. The zero-order valence-electron chi connectivity index (χ0n) is 18.4. The van der Waals surface area contributed by atoms with E-state index in [0.29, 0.717) is 6.54 Å². The number of ether oxygens (including phenoxy) is 1. The van der Waals surface area contributed by atoms with Crippen LogP contribution in [0.25, 0.3) is 0 Å². The molecule has 170 valence electrons. The molecule has 3 aromatic carbocycles. The zero-order valence-corrected chi connectivity index (χ0v) is 18.4. The summed E-state index contributed by atoms with van der Waals surface area (Å²) in [6, 6.07) is 27.3. The van der Waals surface area contributed by atoms with Gasteiger partial charge in [0, 0.05) is 13.0 Å². The molecule has 33 heavy (non-hydrogen) atoms. The molecule has 3 aromatic rings. The third-order valence-electron chi connectivity index (χ3n) is 5.05. The van der Waals surface area contributed by atoms with Crippen molar-refractivity contribution < 1.29 is 19.1 Å². The molecule has 0 aromatic heterocycles. The van der Waals surface area contributed by atoms with Crippen molar-refractivity contribution in [2.24, 2.45) is 0 Å². The van der Waals surface area contributed by atoms with Crippen LogP contribution in [-0.4, -0.2) is 23.8 Å². The first-order chi connectivity index (χ1) is 16.1. The number of amides is 2. The topological polar surface area (TPSA) is 84.5 Å². The van der Waals surface area contributed by atoms with Crippen LogP contribution in [0, 0.1) is 0 Å². The summed E-state index contributed by atoms with van der Waals surface area (Å²) in [5.74, 6) is -1.04. The maximum absolute atomic E-state index is 12.8. The molecule has 0 aliphatic carbocycles. The summed E-state index contributed by atoms with van der Waals surface area (Å²) in [6.07, 6.45) is 0.318. The molecule has 0 fully saturated rings. The second-order valence-electron chi connectivity index (χ2n) is 7.67. The fourth-order valence-electron chi connectivity index (χ4n) is 3.28. The number of nitrogens with one attached hydrogen (secondary N) is 2. The lowest BCUT2D eigenvalue weighted by atomic mass is 10.1. The van der Waals surface area contributed by atoms with Crippen molar-refractivity contribution in [3.05, 3.63) is 108 Å². The van der Waals surface area contributed by atoms with Gasteiger partial charge >= 0.3 is 5.97 Å². The number of hydrogen-bond acceptors (Lipinski definition) is 4. The molecule has 0 unspecified atom stereocenters. The first-order valence-electron chi connectivity index (χ1n) is 10.9. The van der Waals surface area contributed by atoms with Gasteiger partial charge in [0.2, 0.25) is 11.8 Å². The molecule has 3 rings (SSSR count). The Kier molecular flexibility index (Phi) is 9.21. The average molecular weight is 445 g/mol. The van der Waals surface area contributed by atoms with Crippen molar-refractivity contribution >= 4 is 17.8 Å². The van der Waals surface area contributed by atoms with Gasteiger partial charge in [-0.2, -0.15) is 0 Å². The molecule has 0 aliphatic rings. The Bertz CT molecular complexity index is 1020. The van der Waals surface area contributed by atoms with Gasteiger partial charge in [0.25, 0.3) is 0 Å². The Morgan fingerprint density at radius 3 is 1.88 bits per heavy atom. The average Bonchev–Trinajstić information content (AvgIpc) is 2.85. The Morgan fingerprint density at radius 1 is 0.727 bits per heavy atom. The van der Waals surface area contributed by atoms with Crippen LogP contribution in [0.4, 0.5) is 0 Å². The molecule has 0 aliphatic heterocycles. The largest absolute Gasteiger partial charge is 0.461 e.